The zero-order chi connectivity index (χ0) is 20.5. The fourth-order valence-electron chi connectivity index (χ4n) is 4.03. The van der Waals surface area contributed by atoms with Crippen LogP contribution in [0, 0.1) is 6.92 Å². The van der Waals surface area contributed by atoms with Gasteiger partial charge in [0, 0.05) is 33.8 Å². The van der Waals surface area contributed by atoms with Crippen molar-refractivity contribution in [3.05, 3.63) is 120 Å². The molecule has 0 aliphatic carbocycles. The van der Waals surface area contributed by atoms with E-state index in [4.69, 9.17) is 11.6 Å². The minimum absolute atomic E-state index is 0.745. The van der Waals surface area contributed by atoms with Gasteiger partial charge < -0.3 is 0 Å². The first-order valence-electron chi connectivity index (χ1n) is 10.1. The predicted octanol–water partition coefficient (Wildman–Crippen LogP) is 7.39. The van der Waals surface area contributed by atoms with Gasteiger partial charge in [0.25, 0.3) is 0 Å². The Kier molecular flexibility index (Phi) is 4.82. The summed E-state index contributed by atoms with van der Waals surface area (Å²) in [5, 5.41) is 0.745. The van der Waals surface area contributed by atoms with Crippen molar-refractivity contribution < 1.29 is 4.40 Å². The third-order valence-electron chi connectivity index (χ3n) is 5.43. The molecule has 0 bridgehead atoms. The van der Waals surface area contributed by atoms with Gasteiger partial charge in [-0.15, -0.1) is 0 Å². The van der Waals surface area contributed by atoms with Crippen LogP contribution in [0.15, 0.2) is 109 Å². The van der Waals surface area contributed by atoms with Crippen LogP contribution in [0.1, 0.15) is 5.56 Å². The van der Waals surface area contributed by atoms with Crippen molar-refractivity contribution >= 4 is 17.1 Å². The molecule has 0 N–H and O–H groups in total. The molecule has 5 aromatic rings. The predicted molar refractivity (Wildman–Crippen MR) is 126 cm³/mol. The molecule has 1 nitrogen and oxygen atoms in total. The highest BCUT2D eigenvalue weighted by atomic mass is 35.5. The zero-order valence-corrected chi connectivity index (χ0v) is 17.5. The van der Waals surface area contributed by atoms with Gasteiger partial charge in [0.05, 0.1) is 5.56 Å². The van der Waals surface area contributed by atoms with E-state index in [1.165, 1.54) is 33.5 Å². The number of halogens is 1. The van der Waals surface area contributed by atoms with E-state index in [-0.39, 0.29) is 0 Å². The average Bonchev–Trinajstić information content (AvgIpc) is 2.79. The second kappa shape index (κ2) is 7.78. The number of hydrogen-bond donors (Lipinski definition) is 0. The summed E-state index contributed by atoms with van der Waals surface area (Å²) in [5.41, 5.74) is 9.51. The summed E-state index contributed by atoms with van der Waals surface area (Å²) in [6.45, 7) is 2.14. The fraction of sp³-hybridized carbons (Fsp3) is 0.0357. The Hall–Kier alpha value is -3.42. The molecule has 30 heavy (non-hydrogen) atoms. The topological polar surface area (TPSA) is 4.10 Å². The van der Waals surface area contributed by atoms with Crippen molar-refractivity contribution in [1.82, 2.24) is 0 Å². The highest BCUT2D eigenvalue weighted by Gasteiger charge is 2.24. The maximum atomic E-state index is 6.19. The van der Waals surface area contributed by atoms with Gasteiger partial charge in [-0.05, 0) is 48.4 Å². The van der Waals surface area contributed by atoms with Gasteiger partial charge in [0.15, 0.2) is 6.20 Å². The summed E-state index contributed by atoms with van der Waals surface area (Å²) in [6, 6.07) is 36.0. The van der Waals surface area contributed by atoms with E-state index in [2.05, 4.69) is 109 Å². The second-order valence-electron chi connectivity index (χ2n) is 7.52. The number of fused-ring (bicyclic) bond motifs is 1. The number of aryl methyl sites for hydroxylation is 1. The zero-order valence-electron chi connectivity index (χ0n) is 16.7. The Morgan fingerprint density at radius 2 is 1.27 bits per heavy atom. The normalized spacial score (nSPS) is 11.0. The van der Waals surface area contributed by atoms with Gasteiger partial charge in [0.2, 0.25) is 11.2 Å². The number of rotatable bonds is 3. The lowest BCUT2D eigenvalue weighted by Gasteiger charge is -2.14. The van der Waals surface area contributed by atoms with Crippen molar-refractivity contribution in [2.24, 2.45) is 0 Å². The van der Waals surface area contributed by atoms with Gasteiger partial charge in [-0.25, -0.2) is 0 Å². The fourth-order valence-corrected chi connectivity index (χ4v) is 4.16. The Labute approximate surface area is 181 Å². The number of hydrogen-bond acceptors (Lipinski definition) is 0. The molecule has 0 saturated heterocycles. The molecule has 2 heteroatoms. The van der Waals surface area contributed by atoms with Crippen LogP contribution in [0.2, 0.25) is 5.02 Å². The lowest BCUT2D eigenvalue weighted by atomic mass is 9.90. The molecule has 0 amide bonds. The molecule has 2 heterocycles. The maximum Gasteiger partial charge on any atom is 0.226 e. The number of nitrogens with zero attached hydrogens (tertiary/aromatic N) is 1. The monoisotopic (exact) mass is 406 g/mol. The summed E-state index contributed by atoms with van der Waals surface area (Å²) in [6.07, 6.45) is 2.22. The standard InChI is InChI=1S/C28H21ClN/c1-20-12-17-25-18-26(21-13-15-24(29)16-14-21)27(22-8-4-2-5-9-22)28(30(25)19-20)23-10-6-3-7-11-23/h2-19H,1H3/q+1. The molecule has 0 unspecified atom stereocenters. The number of pyridine rings is 2. The molecule has 0 spiro atoms. The molecular formula is C28H21ClN+. The molecule has 0 radical (unpaired) electrons. The van der Waals surface area contributed by atoms with Crippen LogP contribution >= 0.6 is 11.6 Å². The maximum absolute atomic E-state index is 6.19. The molecule has 0 aliphatic heterocycles. The molecule has 2 aromatic heterocycles. The molecule has 0 saturated carbocycles. The van der Waals surface area contributed by atoms with Crippen molar-refractivity contribution in [2.45, 2.75) is 6.92 Å². The first-order valence-corrected chi connectivity index (χ1v) is 10.4. The number of aromatic nitrogens is 1. The largest absolute Gasteiger partial charge is 0.226 e. The van der Waals surface area contributed by atoms with Crippen LogP contribution in [-0.2, 0) is 0 Å². The van der Waals surface area contributed by atoms with Crippen LogP contribution in [0.5, 0.6) is 0 Å². The average molecular weight is 407 g/mol. The number of benzene rings is 3. The van der Waals surface area contributed by atoms with E-state index in [0.29, 0.717) is 0 Å². The van der Waals surface area contributed by atoms with Crippen LogP contribution in [0.25, 0.3) is 39.0 Å². The highest BCUT2D eigenvalue weighted by Crippen LogP contribution is 2.39. The van der Waals surface area contributed by atoms with E-state index in [1.807, 2.05) is 12.1 Å². The molecule has 0 fully saturated rings. The quantitative estimate of drug-likeness (QED) is 0.275. The minimum Gasteiger partial charge on any atom is -0.159 e. The summed E-state index contributed by atoms with van der Waals surface area (Å²) in [7, 11) is 0. The van der Waals surface area contributed by atoms with Crippen molar-refractivity contribution in [3.63, 3.8) is 0 Å². The van der Waals surface area contributed by atoms with Crippen LogP contribution < -0.4 is 4.40 Å². The van der Waals surface area contributed by atoms with E-state index in [0.717, 1.165) is 16.1 Å². The second-order valence-corrected chi connectivity index (χ2v) is 7.96. The first kappa shape index (κ1) is 18.6. The SMILES string of the molecule is Cc1ccc2cc(-c3ccc(Cl)cc3)c(-c3ccccc3)c(-c3ccccc3)[n+]2c1. The van der Waals surface area contributed by atoms with Crippen LogP contribution in [-0.4, -0.2) is 0 Å². The van der Waals surface area contributed by atoms with E-state index in [1.54, 1.807) is 0 Å². The Bertz CT molecular complexity index is 1320. The smallest absolute Gasteiger partial charge is 0.159 e. The summed E-state index contributed by atoms with van der Waals surface area (Å²) < 4.78 is 2.31. The van der Waals surface area contributed by atoms with Crippen molar-refractivity contribution in [2.75, 3.05) is 0 Å². The van der Waals surface area contributed by atoms with Gasteiger partial charge in [0.1, 0.15) is 0 Å². The summed E-state index contributed by atoms with van der Waals surface area (Å²) in [4.78, 5) is 0. The summed E-state index contributed by atoms with van der Waals surface area (Å²) >= 11 is 6.19. The third-order valence-corrected chi connectivity index (χ3v) is 5.68. The van der Waals surface area contributed by atoms with E-state index < -0.39 is 0 Å². The van der Waals surface area contributed by atoms with Crippen molar-refractivity contribution in [1.29, 1.82) is 0 Å². The Morgan fingerprint density at radius 1 is 0.633 bits per heavy atom. The van der Waals surface area contributed by atoms with Crippen molar-refractivity contribution in [3.8, 4) is 33.5 Å². The first-order chi connectivity index (χ1) is 14.7. The molecule has 0 aliphatic rings. The van der Waals surface area contributed by atoms with E-state index >= 15 is 0 Å². The molecule has 3 aromatic carbocycles. The van der Waals surface area contributed by atoms with Gasteiger partial charge in [-0.3, -0.25) is 0 Å². The molecule has 5 rings (SSSR count). The lowest BCUT2D eigenvalue weighted by molar-refractivity contribution is -0.499. The third kappa shape index (κ3) is 3.38. The van der Waals surface area contributed by atoms with Crippen LogP contribution in [0.4, 0.5) is 0 Å². The van der Waals surface area contributed by atoms with E-state index in [9.17, 15) is 0 Å². The molecule has 0 atom stereocenters. The lowest BCUT2D eigenvalue weighted by Crippen LogP contribution is -2.26. The van der Waals surface area contributed by atoms with Crippen LogP contribution in [0.3, 0.4) is 0 Å². The van der Waals surface area contributed by atoms with Gasteiger partial charge in [-0.2, -0.15) is 4.40 Å². The molecular weight excluding hydrogens is 386 g/mol. The highest BCUT2D eigenvalue weighted by molar-refractivity contribution is 6.30. The van der Waals surface area contributed by atoms with Gasteiger partial charge in [-0.1, -0.05) is 72.3 Å². The molecule has 144 valence electrons. The summed E-state index contributed by atoms with van der Waals surface area (Å²) in [5.74, 6) is 0. The minimum atomic E-state index is 0.745. The Balaban J connectivity index is 1.97. The Morgan fingerprint density at radius 3 is 1.93 bits per heavy atom. The van der Waals surface area contributed by atoms with Gasteiger partial charge >= 0.3 is 0 Å².